The molecule has 2 aromatic rings. The lowest BCUT2D eigenvalue weighted by molar-refractivity contribution is -0.133. The number of rotatable bonds is 6. The van der Waals surface area contributed by atoms with Crippen molar-refractivity contribution in [3.63, 3.8) is 0 Å². The van der Waals surface area contributed by atoms with Gasteiger partial charge in [-0.05, 0) is 75.0 Å². The first kappa shape index (κ1) is 23.8. The smallest absolute Gasteiger partial charge is 0.230 e. The Bertz CT molecular complexity index is 1060. The molecule has 5 heteroatoms. The summed E-state index contributed by atoms with van der Waals surface area (Å²) < 4.78 is 0. The minimum absolute atomic E-state index is 0.00475. The lowest BCUT2D eigenvalue weighted by Gasteiger charge is -2.39. The van der Waals surface area contributed by atoms with Crippen LogP contribution in [0.5, 0.6) is 0 Å². The van der Waals surface area contributed by atoms with Gasteiger partial charge < -0.3 is 14.7 Å². The van der Waals surface area contributed by atoms with Gasteiger partial charge in [-0.25, -0.2) is 0 Å². The second kappa shape index (κ2) is 10.4. The molecule has 2 fully saturated rings. The molecule has 2 aliphatic heterocycles. The Morgan fingerprint density at radius 1 is 0.943 bits per heavy atom. The largest absolute Gasteiger partial charge is 0.343 e. The maximum absolute atomic E-state index is 13.5. The highest BCUT2D eigenvalue weighted by Gasteiger charge is 2.37. The number of benzene rings is 2. The molecule has 184 valence electrons. The number of hydrogen-bond acceptors (Lipinski definition) is 3. The molecule has 0 unspecified atom stereocenters. The second-order valence-corrected chi connectivity index (χ2v) is 10.4. The number of para-hydroxylation sites is 1. The molecule has 0 radical (unpaired) electrons. The number of nitrogens with zero attached hydrogens (tertiary/aromatic N) is 3. The van der Waals surface area contributed by atoms with E-state index in [1.54, 1.807) is 6.92 Å². The van der Waals surface area contributed by atoms with E-state index in [2.05, 4.69) is 41.3 Å². The topological polar surface area (TPSA) is 43.9 Å². The summed E-state index contributed by atoms with van der Waals surface area (Å²) in [4.78, 5) is 31.7. The molecule has 0 bridgehead atoms. The highest BCUT2D eigenvalue weighted by Crippen LogP contribution is 2.43. The van der Waals surface area contributed by atoms with Gasteiger partial charge in [0, 0.05) is 43.6 Å². The van der Waals surface area contributed by atoms with Crippen LogP contribution in [0.2, 0.25) is 0 Å². The van der Waals surface area contributed by atoms with Crippen LogP contribution in [0.1, 0.15) is 50.2 Å². The maximum atomic E-state index is 13.5. The molecular formula is C30H37N3O2. The number of piperidine rings is 2. The third kappa shape index (κ3) is 5.06. The summed E-state index contributed by atoms with van der Waals surface area (Å²) in [5.41, 5.74) is 4.08. The van der Waals surface area contributed by atoms with Gasteiger partial charge >= 0.3 is 0 Å². The molecular weight excluding hydrogens is 434 g/mol. The Balaban J connectivity index is 1.17. The van der Waals surface area contributed by atoms with E-state index in [-0.39, 0.29) is 23.1 Å². The normalized spacial score (nSPS) is 19.6. The number of fused-ring (bicyclic) bond motifs is 2. The molecule has 1 aliphatic carbocycles. The summed E-state index contributed by atoms with van der Waals surface area (Å²) in [5.74, 6) is 0.315. The van der Waals surface area contributed by atoms with Gasteiger partial charge in [0.15, 0.2) is 0 Å². The van der Waals surface area contributed by atoms with Gasteiger partial charge in [0.05, 0.1) is 0 Å². The van der Waals surface area contributed by atoms with E-state index in [1.165, 1.54) is 11.1 Å². The van der Waals surface area contributed by atoms with Gasteiger partial charge in [-0.1, -0.05) is 54.6 Å². The molecule has 2 amide bonds. The van der Waals surface area contributed by atoms with E-state index in [0.717, 1.165) is 64.0 Å². The molecule has 0 saturated carbocycles. The van der Waals surface area contributed by atoms with Crippen molar-refractivity contribution in [2.45, 2.75) is 44.4 Å². The Morgan fingerprint density at radius 2 is 1.63 bits per heavy atom. The van der Waals surface area contributed by atoms with Crippen molar-refractivity contribution in [1.29, 1.82) is 0 Å². The Labute approximate surface area is 209 Å². The van der Waals surface area contributed by atoms with Crippen molar-refractivity contribution >= 4 is 23.6 Å². The molecule has 2 saturated heterocycles. The van der Waals surface area contributed by atoms with Crippen molar-refractivity contribution in [3.05, 3.63) is 71.8 Å². The number of anilines is 1. The average Bonchev–Trinajstić information content (AvgIpc) is 3.26. The summed E-state index contributed by atoms with van der Waals surface area (Å²) >= 11 is 0. The zero-order valence-electron chi connectivity index (χ0n) is 20.9. The zero-order chi connectivity index (χ0) is 24.3. The van der Waals surface area contributed by atoms with Gasteiger partial charge in [-0.2, -0.15) is 0 Å². The lowest BCUT2D eigenvalue weighted by atomic mass is 9.74. The number of hydrogen-bond donors (Lipinski definition) is 0. The summed E-state index contributed by atoms with van der Waals surface area (Å²) in [5, 5.41) is 0. The minimum atomic E-state index is -0.00475. The number of carbonyl (C=O) groups excluding carboxylic acids is 2. The molecule has 1 spiro atoms. The number of carbonyl (C=O) groups is 2. The van der Waals surface area contributed by atoms with Crippen molar-refractivity contribution < 1.29 is 9.59 Å². The van der Waals surface area contributed by atoms with Crippen LogP contribution >= 0.6 is 0 Å². The molecule has 0 atom stereocenters. The summed E-state index contributed by atoms with van der Waals surface area (Å²) in [6.07, 6.45) is 9.53. The summed E-state index contributed by atoms with van der Waals surface area (Å²) in [6.45, 7) is 6.93. The number of amides is 2. The van der Waals surface area contributed by atoms with Crippen LogP contribution in [0.3, 0.4) is 0 Å². The fourth-order valence-corrected chi connectivity index (χ4v) is 6.14. The van der Waals surface area contributed by atoms with Crippen LogP contribution in [-0.4, -0.2) is 60.9 Å². The van der Waals surface area contributed by atoms with Crippen LogP contribution < -0.4 is 4.90 Å². The first-order valence-electron chi connectivity index (χ1n) is 13.2. The van der Waals surface area contributed by atoms with Crippen LogP contribution in [0.25, 0.3) is 6.08 Å². The minimum Gasteiger partial charge on any atom is -0.343 e. The van der Waals surface area contributed by atoms with Crippen molar-refractivity contribution in [1.82, 2.24) is 9.80 Å². The van der Waals surface area contributed by atoms with Crippen LogP contribution in [0.15, 0.2) is 60.7 Å². The Hall–Kier alpha value is -2.92. The van der Waals surface area contributed by atoms with E-state index in [4.69, 9.17) is 0 Å². The van der Waals surface area contributed by atoms with E-state index in [1.807, 2.05) is 40.1 Å². The molecule has 0 aromatic heterocycles. The van der Waals surface area contributed by atoms with E-state index in [0.29, 0.717) is 13.1 Å². The van der Waals surface area contributed by atoms with E-state index >= 15 is 0 Å². The highest BCUT2D eigenvalue weighted by atomic mass is 16.2. The van der Waals surface area contributed by atoms with Gasteiger partial charge in [0.2, 0.25) is 11.8 Å². The van der Waals surface area contributed by atoms with Crippen molar-refractivity contribution in [3.8, 4) is 0 Å². The Morgan fingerprint density at radius 3 is 2.34 bits per heavy atom. The third-order valence-electron chi connectivity index (χ3n) is 8.31. The standard InChI is InChI=1S/C30H37N3O2/c1-24(34)32-20-13-26(14-21-32)29(35)33(27-9-3-2-4-10-27)19-7-18-31-22-16-30(17-23-31)15-12-25-8-5-6-11-28(25)30/h2-6,8-12,15,26H,7,13-14,16-23H2,1H3. The predicted molar refractivity (Wildman–Crippen MR) is 141 cm³/mol. The fraction of sp³-hybridized carbons (Fsp3) is 0.467. The molecule has 2 heterocycles. The number of likely N-dealkylation sites (tertiary alicyclic amines) is 2. The van der Waals surface area contributed by atoms with Crippen LogP contribution in [-0.2, 0) is 15.0 Å². The van der Waals surface area contributed by atoms with Crippen LogP contribution in [0.4, 0.5) is 5.69 Å². The Kier molecular flexibility index (Phi) is 7.05. The molecule has 35 heavy (non-hydrogen) atoms. The zero-order valence-corrected chi connectivity index (χ0v) is 20.9. The van der Waals surface area contributed by atoms with E-state index < -0.39 is 0 Å². The molecule has 0 N–H and O–H groups in total. The number of allylic oxidation sites excluding steroid dienone is 1. The second-order valence-electron chi connectivity index (χ2n) is 10.4. The predicted octanol–water partition coefficient (Wildman–Crippen LogP) is 4.73. The monoisotopic (exact) mass is 471 g/mol. The van der Waals surface area contributed by atoms with Gasteiger partial charge in [0.25, 0.3) is 0 Å². The molecule has 5 nitrogen and oxygen atoms in total. The SMILES string of the molecule is CC(=O)N1CCC(C(=O)N(CCCN2CCC3(C=Cc4ccccc43)CC2)c2ccccc2)CC1. The summed E-state index contributed by atoms with van der Waals surface area (Å²) in [7, 11) is 0. The lowest BCUT2D eigenvalue weighted by Crippen LogP contribution is -2.45. The molecule has 3 aliphatic rings. The van der Waals surface area contributed by atoms with Gasteiger partial charge in [-0.15, -0.1) is 0 Å². The third-order valence-corrected chi connectivity index (χ3v) is 8.31. The van der Waals surface area contributed by atoms with Gasteiger partial charge in [0.1, 0.15) is 0 Å². The quantitative estimate of drug-likeness (QED) is 0.612. The first-order valence-corrected chi connectivity index (χ1v) is 13.2. The van der Waals surface area contributed by atoms with E-state index in [9.17, 15) is 9.59 Å². The maximum Gasteiger partial charge on any atom is 0.230 e. The van der Waals surface area contributed by atoms with Gasteiger partial charge in [-0.3, -0.25) is 9.59 Å². The van der Waals surface area contributed by atoms with Crippen molar-refractivity contribution in [2.75, 3.05) is 44.2 Å². The molecule has 5 rings (SSSR count). The molecule has 2 aromatic carbocycles. The fourth-order valence-electron chi connectivity index (χ4n) is 6.14. The van der Waals surface area contributed by atoms with Crippen LogP contribution in [0, 0.1) is 5.92 Å². The average molecular weight is 472 g/mol. The van der Waals surface area contributed by atoms with Crippen molar-refractivity contribution in [2.24, 2.45) is 5.92 Å². The summed E-state index contributed by atoms with van der Waals surface area (Å²) in [6, 6.07) is 18.9. The first-order chi connectivity index (χ1) is 17.1. The highest BCUT2D eigenvalue weighted by molar-refractivity contribution is 5.95.